The van der Waals surface area contributed by atoms with Crippen LogP contribution in [0.5, 0.6) is 0 Å². The molecule has 0 aliphatic rings. The zero-order valence-electron chi connectivity index (χ0n) is 16.4. The highest BCUT2D eigenvalue weighted by atomic mass is 35.5. The van der Waals surface area contributed by atoms with Gasteiger partial charge in [-0.25, -0.2) is 19.0 Å². The quantitative estimate of drug-likeness (QED) is 0.521. The first-order valence-corrected chi connectivity index (χ1v) is 9.70. The molecule has 0 fully saturated rings. The molecule has 0 saturated carbocycles. The van der Waals surface area contributed by atoms with Crippen molar-refractivity contribution >= 4 is 11.6 Å². The number of aromatic nitrogens is 6. The number of aryl methyl sites for hydroxylation is 1. The molecule has 4 rings (SSSR count). The van der Waals surface area contributed by atoms with Crippen molar-refractivity contribution < 1.29 is 4.39 Å². The number of rotatable bonds is 5. The summed E-state index contributed by atoms with van der Waals surface area (Å²) in [5.41, 5.74) is 6.21. The Labute approximate surface area is 172 Å². The molecule has 0 atom stereocenters. The molecule has 0 unspecified atom stereocenters. The summed E-state index contributed by atoms with van der Waals surface area (Å²) < 4.78 is 15.0. The van der Waals surface area contributed by atoms with Crippen LogP contribution in [0.25, 0.3) is 17.1 Å². The predicted molar refractivity (Wildman–Crippen MR) is 110 cm³/mol. The topological polar surface area (TPSA) is 72.3 Å². The van der Waals surface area contributed by atoms with Crippen LogP contribution in [-0.2, 0) is 12.8 Å². The highest BCUT2D eigenvalue weighted by Crippen LogP contribution is 2.26. The van der Waals surface area contributed by atoms with Crippen molar-refractivity contribution in [3.05, 3.63) is 75.8 Å². The van der Waals surface area contributed by atoms with Gasteiger partial charge in [-0.05, 0) is 44.5 Å². The lowest BCUT2D eigenvalue weighted by molar-refractivity contribution is 0.628. The van der Waals surface area contributed by atoms with Crippen molar-refractivity contribution in [1.29, 1.82) is 0 Å². The van der Waals surface area contributed by atoms with Gasteiger partial charge in [-0.3, -0.25) is 5.10 Å². The van der Waals surface area contributed by atoms with Crippen LogP contribution in [0.15, 0.2) is 36.7 Å². The van der Waals surface area contributed by atoms with E-state index in [1.807, 2.05) is 19.9 Å². The van der Waals surface area contributed by atoms with Gasteiger partial charge in [0.05, 0.1) is 27.8 Å². The zero-order chi connectivity index (χ0) is 20.5. The van der Waals surface area contributed by atoms with E-state index >= 15 is 0 Å². The third-order valence-corrected chi connectivity index (χ3v) is 5.46. The molecule has 0 saturated heterocycles. The molecular weight excluding hydrogens is 391 g/mol. The molecule has 29 heavy (non-hydrogen) atoms. The minimum atomic E-state index is -0.264. The Balaban J connectivity index is 1.66. The van der Waals surface area contributed by atoms with E-state index in [1.54, 1.807) is 16.8 Å². The first kappa shape index (κ1) is 19.3. The lowest BCUT2D eigenvalue weighted by Gasteiger charge is -2.07. The second-order valence-corrected chi connectivity index (χ2v) is 7.21. The van der Waals surface area contributed by atoms with E-state index < -0.39 is 0 Å². The fraction of sp³-hybridized carbons (Fsp3) is 0.238. The van der Waals surface area contributed by atoms with Crippen molar-refractivity contribution in [3.63, 3.8) is 0 Å². The van der Waals surface area contributed by atoms with Gasteiger partial charge in [0.25, 0.3) is 0 Å². The molecule has 0 aliphatic carbocycles. The molecule has 0 bridgehead atoms. The zero-order valence-corrected chi connectivity index (χ0v) is 17.1. The summed E-state index contributed by atoms with van der Waals surface area (Å²) in [5, 5.41) is 12.7. The van der Waals surface area contributed by atoms with Gasteiger partial charge < -0.3 is 0 Å². The van der Waals surface area contributed by atoms with Gasteiger partial charge in [-0.15, -0.1) is 0 Å². The van der Waals surface area contributed by atoms with Crippen LogP contribution in [-0.4, -0.2) is 29.9 Å². The van der Waals surface area contributed by atoms with Crippen LogP contribution in [0.3, 0.4) is 0 Å². The van der Waals surface area contributed by atoms with E-state index in [1.165, 1.54) is 18.5 Å². The molecule has 0 radical (unpaired) electrons. The van der Waals surface area contributed by atoms with Crippen LogP contribution >= 0.6 is 11.6 Å². The van der Waals surface area contributed by atoms with E-state index in [9.17, 15) is 4.39 Å². The molecule has 3 aromatic heterocycles. The molecule has 3 heterocycles. The number of hydrogen-bond acceptors (Lipinski definition) is 4. The molecule has 6 nitrogen and oxygen atoms in total. The summed E-state index contributed by atoms with van der Waals surface area (Å²) in [6.45, 7) is 5.84. The molecule has 1 aromatic carbocycles. The number of hydrogen-bond donors (Lipinski definition) is 1. The molecular formula is C21H20ClFN6. The third-order valence-electron chi connectivity index (χ3n) is 4.91. The van der Waals surface area contributed by atoms with Gasteiger partial charge in [0.2, 0.25) is 0 Å². The van der Waals surface area contributed by atoms with Gasteiger partial charge in [0.15, 0.2) is 5.82 Å². The number of halogens is 2. The SMILES string of the molecule is CCc1c(-c2ccc(F)cc2)n[nH]c1Cc1cc(-n2nc(C)c(Cl)c2C)ncn1. The van der Waals surface area contributed by atoms with Crippen molar-refractivity contribution in [1.82, 2.24) is 29.9 Å². The highest BCUT2D eigenvalue weighted by Gasteiger charge is 2.16. The lowest BCUT2D eigenvalue weighted by atomic mass is 10.0. The molecule has 0 amide bonds. The average molecular weight is 411 g/mol. The molecule has 0 aliphatic heterocycles. The first-order chi connectivity index (χ1) is 14.0. The Hall–Kier alpha value is -3.06. The summed E-state index contributed by atoms with van der Waals surface area (Å²) in [7, 11) is 0. The first-order valence-electron chi connectivity index (χ1n) is 9.33. The van der Waals surface area contributed by atoms with E-state index in [0.29, 0.717) is 17.3 Å². The predicted octanol–water partition coefficient (Wildman–Crippen LogP) is 4.61. The highest BCUT2D eigenvalue weighted by molar-refractivity contribution is 6.31. The maximum absolute atomic E-state index is 13.3. The summed E-state index contributed by atoms with van der Waals surface area (Å²) in [6, 6.07) is 8.26. The van der Waals surface area contributed by atoms with E-state index in [2.05, 4.69) is 32.2 Å². The van der Waals surface area contributed by atoms with Gasteiger partial charge >= 0.3 is 0 Å². The van der Waals surface area contributed by atoms with Crippen LogP contribution in [0.2, 0.25) is 5.02 Å². The van der Waals surface area contributed by atoms with E-state index in [4.69, 9.17) is 11.6 Å². The monoisotopic (exact) mass is 410 g/mol. The Bertz CT molecular complexity index is 1160. The lowest BCUT2D eigenvalue weighted by Crippen LogP contribution is -2.05. The Morgan fingerprint density at radius 2 is 1.90 bits per heavy atom. The van der Waals surface area contributed by atoms with Crippen molar-refractivity contribution in [3.8, 4) is 17.1 Å². The maximum atomic E-state index is 13.3. The summed E-state index contributed by atoms with van der Waals surface area (Å²) >= 11 is 6.26. The second kappa shape index (κ2) is 7.75. The van der Waals surface area contributed by atoms with Gasteiger partial charge in [0, 0.05) is 29.3 Å². The smallest absolute Gasteiger partial charge is 0.157 e. The van der Waals surface area contributed by atoms with Gasteiger partial charge in [-0.2, -0.15) is 10.2 Å². The van der Waals surface area contributed by atoms with E-state index in [0.717, 1.165) is 46.0 Å². The molecule has 1 N–H and O–H groups in total. The normalized spacial score (nSPS) is 11.2. The van der Waals surface area contributed by atoms with Crippen molar-refractivity contribution in [2.45, 2.75) is 33.6 Å². The van der Waals surface area contributed by atoms with Crippen LogP contribution in [0.4, 0.5) is 4.39 Å². The van der Waals surface area contributed by atoms with Crippen LogP contribution in [0, 0.1) is 19.7 Å². The molecule has 8 heteroatoms. The van der Waals surface area contributed by atoms with Crippen LogP contribution < -0.4 is 0 Å². The number of aromatic amines is 1. The standard InChI is InChI=1S/C21H20ClFN6/c1-4-17-18(26-27-21(17)14-5-7-15(23)8-6-14)9-16-10-19(25-11-24-16)29-13(3)20(22)12(2)28-29/h5-8,10-11H,4,9H2,1-3H3,(H,26,27). The maximum Gasteiger partial charge on any atom is 0.157 e. The number of nitrogens with one attached hydrogen (secondary N) is 1. The summed E-state index contributed by atoms with van der Waals surface area (Å²) in [5.74, 6) is 0.402. The minimum absolute atomic E-state index is 0.264. The number of H-pyrrole nitrogens is 1. The third kappa shape index (κ3) is 3.65. The number of nitrogens with zero attached hydrogens (tertiary/aromatic N) is 5. The molecule has 4 aromatic rings. The Kier molecular flexibility index (Phi) is 5.15. The Morgan fingerprint density at radius 1 is 1.14 bits per heavy atom. The number of benzene rings is 1. The Morgan fingerprint density at radius 3 is 2.55 bits per heavy atom. The van der Waals surface area contributed by atoms with E-state index in [-0.39, 0.29) is 5.82 Å². The largest absolute Gasteiger partial charge is 0.281 e. The second-order valence-electron chi connectivity index (χ2n) is 6.83. The fourth-order valence-electron chi connectivity index (χ4n) is 3.40. The van der Waals surface area contributed by atoms with Crippen molar-refractivity contribution in [2.75, 3.05) is 0 Å². The van der Waals surface area contributed by atoms with Crippen LogP contribution in [0.1, 0.15) is 35.3 Å². The summed E-state index contributed by atoms with van der Waals surface area (Å²) in [4.78, 5) is 8.75. The summed E-state index contributed by atoms with van der Waals surface area (Å²) in [6.07, 6.45) is 2.89. The minimum Gasteiger partial charge on any atom is -0.281 e. The molecule has 148 valence electrons. The van der Waals surface area contributed by atoms with Gasteiger partial charge in [-0.1, -0.05) is 18.5 Å². The van der Waals surface area contributed by atoms with Crippen molar-refractivity contribution in [2.24, 2.45) is 0 Å². The van der Waals surface area contributed by atoms with Gasteiger partial charge in [0.1, 0.15) is 12.1 Å². The fourth-order valence-corrected chi connectivity index (χ4v) is 3.52. The molecule has 0 spiro atoms. The average Bonchev–Trinajstić information content (AvgIpc) is 3.24.